The van der Waals surface area contributed by atoms with Gasteiger partial charge in [-0.2, -0.15) is 0 Å². The average Bonchev–Trinajstić information content (AvgIpc) is 2.91. The van der Waals surface area contributed by atoms with Crippen LogP contribution >= 0.6 is 27.5 Å². The first-order chi connectivity index (χ1) is 17.8. The fourth-order valence-electron chi connectivity index (χ4n) is 3.91. The molecule has 0 aliphatic heterocycles. The molecule has 0 aliphatic carbocycles. The van der Waals surface area contributed by atoms with E-state index in [0.29, 0.717) is 17.2 Å². The van der Waals surface area contributed by atoms with E-state index in [4.69, 9.17) is 16.3 Å². The average molecular weight is 586 g/mol. The smallest absolute Gasteiger partial charge is 0.261 e. The molecule has 0 saturated carbocycles. The van der Waals surface area contributed by atoms with Crippen LogP contribution in [0.2, 0.25) is 5.02 Å². The van der Waals surface area contributed by atoms with Gasteiger partial charge in [-0.25, -0.2) is 0 Å². The van der Waals surface area contributed by atoms with Gasteiger partial charge in [0, 0.05) is 24.0 Å². The summed E-state index contributed by atoms with van der Waals surface area (Å²) in [5.41, 5.74) is 2.89. The van der Waals surface area contributed by atoms with Gasteiger partial charge in [0.15, 0.2) is 6.61 Å². The highest BCUT2D eigenvalue weighted by molar-refractivity contribution is 9.10. The second-order valence-corrected chi connectivity index (χ2v) is 10.3. The summed E-state index contributed by atoms with van der Waals surface area (Å²) >= 11 is 10.0. The molecule has 2 unspecified atom stereocenters. The first kappa shape index (κ1) is 28.7. The minimum Gasteiger partial charge on any atom is -0.483 e. The van der Waals surface area contributed by atoms with Gasteiger partial charge in [0.05, 0.1) is 4.47 Å². The van der Waals surface area contributed by atoms with Crippen LogP contribution in [0.25, 0.3) is 0 Å². The van der Waals surface area contributed by atoms with Crippen LogP contribution in [0.15, 0.2) is 77.3 Å². The van der Waals surface area contributed by atoms with Crippen molar-refractivity contribution < 1.29 is 14.3 Å². The van der Waals surface area contributed by atoms with Crippen LogP contribution in [0.1, 0.15) is 43.9 Å². The summed E-state index contributed by atoms with van der Waals surface area (Å²) in [5.74, 6) is 0.0746. The zero-order valence-corrected chi connectivity index (χ0v) is 23.9. The lowest BCUT2D eigenvalue weighted by atomic mass is 10.0. The molecule has 0 spiro atoms. The number of nitrogens with one attached hydrogen (secondary N) is 1. The number of hydrogen-bond acceptors (Lipinski definition) is 3. The number of carbonyl (C=O) groups is 2. The van der Waals surface area contributed by atoms with Gasteiger partial charge < -0.3 is 15.0 Å². The Morgan fingerprint density at radius 1 is 1.00 bits per heavy atom. The number of aryl methyl sites for hydroxylation is 1. The Bertz CT molecular complexity index is 1190. The summed E-state index contributed by atoms with van der Waals surface area (Å²) in [5, 5.41) is 3.61. The summed E-state index contributed by atoms with van der Waals surface area (Å²) in [7, 11) is 0. The molecular weight excluding hydrogens is 552 g/mol. The van der Waals surface area contributed by atoms with Crippen molar-refractivity contribution in [1.29, 1.82) is 0 Å². The van der Waals surface area contributed by atoms with Crippen molar-refractivity contribution in [1.82, 2.24) is 10.2 Å². The first-order valence-electron chi connectivity index (χ1n) is 12.6. The van der Waals surface area contributed by atoms with Crippen LogP contribution in [0, 0.1) is 0 Å². The summed E-state index contributed by atoms with van der Waals surface area (Å²) in [6, 6.07) is 22.1. The molecule has 0 saturated heterocycles. The van der Waals surface area contributed by atoms with Gasteiger partial charge >= 0.3 is 0 Å². The first-order valence-corrected chi connectivity index (χ1v) is 13.8. The normalized spacial score (nSPS) is 12.5. The standard InChI is InChI=1S/C30H34BrClN2O3/c1-4-21(3)33-30(36)27(18-23-11-7-6-8-12-23)34(19-24-13-9-10-14-26(24)32)29(35)20-37-28-16-15-22(5-2)17-25(28)31/h6-17,21,27H,4-5,18-20H2,1-3H3,(H,33,36). The van der Waals surface area contributed by atoms with E-state index in [-0.39, 0.29) is 31.0 Å². The van der Waals surface area contributed by atoms with Gasteiger partial charge in [0.2, 0.25) is 5.91 Å². The zero-order valence-electron chi connectivity index (χ0n) is 21.5. The van der Waals surface area contributed by atoms with Crippen molar-refractivity contribution in [2.24, 2.45) is 0 Å². The van der Waals surface area contributed by atoms with Gasteiger partial charge in [-0.15, -0.1) is 0 Å². The lowest BCUT2D eigenvalue weighted by molar-refractivity contribution is -0.143. The summed E-state index contributed by atoms with van der Waals surface area (Å²) in [6.45, 7) is 6.02. The van der Waals surface area contributed by atoms with Crippen LogP contribution in [-0.4, -0.2) is 35.4 Å². The van der Waals surface area contributed by atoms with Crippen LogP contribution in [-0.2, 0) is 29.0 Å². The maximum atomic E-state index is 13.7. The molecule has 0 aliphatic rings. The number of hydrogen-bond donors (Lipinski definition) is 1. The second kappa shape index (κ2) is 14.2. The third kappa shape index (κ3) is 8.34. The number of carbonyl (C=O) groups excluding carboxylic acids is 2. The molecule has 37 heavy (non-hydrogen) atoms. The lowest BCUT2D eigenvalue weighted by Crippen LogP contribution is -2.53. The van der Waals surface area contributed by atoms with E-state index in [0.717, 1.165) is 34.0 Å². The molecule has 3 rings (SSSR count). The van der Waals surface area contributed by atoms with Crippen LogP contribution in [0.3, 0.4) is 0 Å². The molecule has 0 heterocycles. The highest BCUT2D eigenvalue weighted by Crippen LogP contribution is 2.27. The van der Waals surface area contributed by atoms with Crippen molar-refractivity contribution in [2.75, 3.05) is 6.61 Å². The molecule has 0 aromatic heterocycles. The Hall–Kier alpha value is -2.83. The van der Waals surface area contributed by atoms with E-state index in [2.05, 4.69) is 28.2 Å². The molecule has 5 nitrogen and oxygen atoms in total. The second-order valence-electron chi connectivity index (χ2n) is 9.04. The Morgan fingerprint density at radius 3 is 2.35 bits per heavy atom. The van der Waals surface area contributed by atoms with Gasteiger partial charge in [0.1, 0.15) is 11.8 Å². The maximum Gasteiger partial charge on any atom is 0.261 e. The van der Waals surface area contributed by atoms with E-state index in [1.54, 1.807) is 11.0 Å². The molecular formula is C30H34BrClN2O3. The Labute approximate surface area is 233 Å². The topological polar surface area (TPSA) is 58.6 Å². The molecule has 3 aromatic rings. The minimum absolute atomic E-state index is 0.0210. The van der Waals surface area contributed by atoms with Crippen LogP contribution in [0.5, 0.6) is 5.75 Å². The Kier molecular flexibility index (Phi) is 11.0. The maximum absolute atomic E-state index is 13.7. The van der Waals surface area contributed by atoms with E-state index in [1.807, 2.05) is 80.6 Å². The zero-order chi connectivity index (χ0) is 26.8. The molecule has 2 amide bonds. The van der Waals surface area contributed by atoms with Gasteiger partial charge in [0.25, 0.3) is 5.91 Å². The Morgan fingerprint density at radius 2 is 1.70 bits per heavy atom. The summed E-state index contributed by atoms with van der Waals surface area (Å²) < 4.78 is 6.71. The Balaban J connectivity index is 1.93. The fraction of sp³-hybridized carbons (Fsp3) is 0.333. The van der Waals surface area contributed by atoms with Crippen molar-refractivity contribution in [3.63, 3.8) is 0 Å². The van der Waals surface area contributed by atoms with E-state index >= 15 is 0 Å². The molecule has 1 N–H and O–H groups in total. The van der Waals surface area contributed by atoms with Gasteiger partial charge in [-0.05, 0) is 70.6 Å². The van der Waals surface area contributed by atoms with E-state index in [9.17, 15) is 9.59 Å². The van der Waals surface area contributed by atoms with Crippen molar-refractivity contribution in [3.05, 3.63) is 99.0 Å². The fourth-order valence-corrected chi connectivity index (χ4v) is 4.65. The molecule has 0 bridgehead atoms. The van der Waals surface area contributed by atoms with E-state index < -0.39 is 6.04 Å². The largest absolute Gasteiger partial charge is 0.483 e. The highest BCUT2D eigenvalue weighted by Gasteiger charge is 2.31. The van der Waals surface area contributed by atoms with Gasteiger partial charge in [-0.1, -0.05) is 80.0 Å². The third-order valence-electron chi connectivity index (χ3n) is 6.33. The molecule has 7 heteroatoms. The lowest BCUT2D eigenvalue weighted by Gasteiger charge is -2.32. The number of nitrogens with zero attached hydrogens (tertiary/aromatic N) is 1. The predicted molar refractivity (Wildman–Crippen MR) is 153 cm³/mol. The highest BCUT2D eigenvalue weighted by atomic mass is 79.9. The minimum atomic E-state index is -0.741. The van der Waals surface area contributed by atoms with Crippen LogP contribution < -0.4 is 10.1 Å². The number of amides is 2. The quantitative estimate of drug-likeness (QED) is 0.261. The van der Waals surface area contributed by atoms with E-state index in [1.165, 1.54) is 0 Å². The summed E-state index contributed by atoms with van der Waals surface area (Å²) in [6.07, 6.45) is 2.05. The van der Waals surface area contributed by atoms with Crippen molar-refractivity contribution in [2.45, 2.75) is 58.7 Å². The monoisotopic (exact) mass is 584 g/mol. The molecule has 2 atom stereocenters. The van der Waals surface area contributed by atoms with Crippen molar-refractivity contribution >= 4 is 39.3 Å². The van der Waals surface area contributed by atoms with Gasteiger partial charge in [-0.3, -0.25) is 9.59 Å². The molecule has 0 radical (unpaired) electrons. The van der Waals surface area contributed by atoms with Crippen LogP contribution in [0.4, 0.5) is 0 Å². The molecule has 3 aromatic carbocycles. The SMILES string of the molecule is CCc1ccc(OCC(=O)N(Cc2ccccc2Cl)C(Cc2ccccc2)C(=O)NC(C)CC)c(Br)c1. The van der Waals surface area contributed by atoms with Crippen molar-refractivity contribution in [3.8, 4) is 5.75 Å². The molecule has 196 valence electrons. The predicted octanol–water partition coefficient (Wildman–Crippen LogP) is 6.60. The third-order valence-corrected chi connectivity index (χ3v) is 7.31. The number of halogens is 2. The number of ether oxygens (including phenoxy) is 1. The number of rotatable bonds is 12. The number of benzene rings is 3. The summed E-state index contributed by atoms with van der Waals surface area (Å²) in [4.78, 5) is 28.9. The molecule has 0 fully saturated rings.